The van der Waals surface area contributed by atoms with Gasteiger partial charge in [-0.1, -0.05) is 0 Å². The second kappa shape index (κ2) is 4.94. The summed E-state index contributed by atoms with van der Waals surface area (Å²) in [5.41, 5.74) is 0.987. The van der Waals surface area contributed by atoms with Crippen molar-refractivity contribution in [2.45, 2.75) is 31.3 Å². The molecule has 6 heteroatoms. The van der Waals surface area contributed by atoms with Crippen molar-refractivity contribution >= 4 is 0 Å². The maximum Gasteiger partial charge on any atom is 0.387 e. The van der Waals surface area contributed by atoms with Crippen LogP contribution in [0.25, 0.3) is 0 Å². The quantitative estimate of drug-likeness (QED) is 0.914. The Balaban J connectivity index is 1.79. The molecular formula is C13H15F2NO3. The van der Waals surface area contributed by atoms with E-state index in [1.807, 2.05) is 0 Å². The number of hydrogen-bond acceptors (Lipinski definition) is 4. The van der Waals surface area contributed by atoms with Crippen molar-refractivity contribution in [3.8, 4) is 11.5 Å². The van der Waals surface area contributed by atoms with Gasteiger partial charge in [-0.05, 0) is 12.1 Å². The van der Waals surface area contributed by atoms with Gasteiger partial charge in [-0.2, -0.15) is 8.78 Å². The van der Waals surface area contributed by atoms with Crippen LogP contribution in [0.4, 0.5) is 8.78 Å². The normalized spacial score (nSPS) is 28.7. The van der Waals surface area contributed by atoms with Gasteiger partial charge < -0.3 is 19.5 Å². The lowest BCUT2D eigenvalue weighted by Crippen LogP contribution is -2.45. The standard InChI is InChI=1S/C13H15F2NO3/c1-17-8-5-11-12(16-6-8)9-3-2-7(18-13(14)15)4-10(9)19-11/h2-4,8,11-13,16H,5-6H2,1H3/t8-,11-,12-/m1/s1. The molecule has 1 N–H and O–H groups in total. The van der Waals surface area contributed by atoms with Crippen LogP contribution in [0.15, 0.2) is 18.2 Å². The van der Waals surface area contributed by atoms with Gasteiger partial charge in [0.25, 0.3) is 0 Å². The minimum atomic E-state index is -2.82. The van der Waals surface area contributed by atoms with Crippen molar-refractivity contribution in [2.75, 3.05) is 13.7 Å². The van der Waals surface area contributed by atoms with E-state index in [1.165, 1.54) is 6.07 Å². The molecule has 1 aromatic rings. The Bertz CT molecular complexity index is 469. The van der Waals surface area contributed by atoms with E-state index < -0.39 is 6.61 Å². The molecule has 3 atom stereocenters. The van der Waals surface area contributed by atoms with Gasteiger partial charge in [0, 0.05) is 31.7 Å². The molecule has 2 aliphatic heterocycles. The number of benzene rings is 1. The van der Waals surface area contributed by atoms with Crippen LogP contribution >= 0.6 is 0 Å². The van der Waals surface area contributed by atoms with Gasteiger partial charge in [-0.3, -0.25) is 0 Å². The predicted octanol–water partition coefficient (Wildman–Crippen LogP) is 2.10. The molecule has 2 aliphatic rings. The van der Waals surface area contributed by atoms with Crippen LogP contribution < -0.4 is 14.8 Å². The number of rotatable bonds is 3. The van der Waals surface area contributed by atoms with Gasteiger partial charge in [0.15, 0.2) is 0 Å². The second-order valence-corrected chi connectivity index (χ2v) is 4.71. The third kappa shape index (κ3) is 2.37. The van der Waals surface area contributed by atoms with Crippen molar-refractivity contribution in [1.82, 2.24) is 5.32 Å². The first-order chi connectivity index (χ1) is 9.17. The summed E-state index contributed by atoms with van der Waals surface area (Å²) in [4.78, 5) is 0. The molecule has 0 aliphatic carbocycles. The van der Waals surface area contributed by atoms with Crippen molar-refractivity contribution in [2.24, 2.45) is 0 Å². The Morgan fingerprint density at radius 2 is 2.26 bits per heavy atom. The van der Waals surface area contributed by atoms with E-state index in [4.69, 9.17) is 9.47 Å². The first-order valence-electron chi connectivity index (χ1n) is 6.19. The molecule has 4 nitrogen and oxygen atoms in total. The summed E-state index contributed by atoms with van der Waals surface area (Å²) in [6.45, 7) is -2.06. The van der Waals surface area contributed by atoms with E-state index in [0.717, 1.165) is 18.5 Å². The highest BCUT2D eigenvalue weighted by Gasteiger charge is 2.39. The number of piperidine rings is 1. The molecular weight excluding hydrogens is 256 g/mol. The van der Waals surface area contributed by atoms with E-state index in [9.17, 15) is 8.78 Å². The third-order valence-electron chi connectivity index (χ3n) is 3.59. The number of alkyl halides is 2. The van der Waals surface area contributed by atoms with E-state index in [1.54, 1.807) is 19.2 Å². The monoisotopic (exact) mass is 271 g/mol. The summed E-state index contributed by atoms with van der Waals surface area (Å²) in [6, 6.07) is 4.93. The van der Waals surface area contributed by atoms with Crippen LogP contribution in [0.1, 0.15) is 18.0 Å². The zero-order valence-electron chi connectivity index (χ0n) is 10.4. The Morgan fingerprint density at radius 1 is 1.42 bits per heavy atom. The van der Waals surface area contributed by atoms with E-state index >= 15 is 0 Å². The average molecular weight is 271 g/mol. The van der Waals surface area contributed by atoms with E-state index in [-0.39, 0.29) is 24.0 Å². The van der Waals surface area contributed by atoms with Gasteiger partial charge in [0.05, 0.1) is 12.1 Å². The van der Waals surface area contributed by atoms with Crippen LogP contribution in [0.2, 0.25) is 0 Å². The maximum absolute atomic E-state index is 12.2. The fourth-order valence-corrected chi connectivity index (χ4v) is 2.69. The first kappa shape index (κ1) is 12.6. The number of nitrogens with one attached hydrogen (secondary N) is 1. The molecule has 0 aromatic heterocycles. The number of ether oxygens (including phenoxy) is 3. The number of methoxy groups -OCH3 is 1. The molecule has 0 radical (unpaired) electrons. The molecule has 0 bridgehead atoms. The Hall–Kier alpha value is -1.40. The molecule has 19 heavy (non-hydrogen) atoms. The van der Waals surface area contributed by atoms with Gasteiger partial charge in [-0.15, -0.1) is 0 Å². The number of fused-ring (bicyclic) bond motifs is 3. The van der Waals surface area contributed by atoms with Gasteiger partial charge in [-0.25, -0.2) is 0 Å². The lowest BCUT2D eigenvalue weighted by atomic mass is 9.95. The van der Waals surface area contributed by atoms with Crippen LogP contribution in [-0.4, -0.2) is 32.5 Å². The van der Waals surface area contributed by atoms with E-state index in [0.29, 0.717) is 5.75 Å². The van der Waals surface area contributed by atoms with E-state index in [2.05, 4.69) is 10.1 Å². The van der Waals surface area contributed by atoms with Crippen molar-refractivity contribution in [1.29, 1.82) is 0 Å². The van der Waals surface area contributed by atoms with Crippen LogP contribution in [0, 0.1) is 0 Å². The lowest BCUT2D eigenvalue weighted by molar-refractivity contribution is -0.0499. The zero-order valence-corrected chi connectivity index (χ0v) is 10.4. The smallest absolute Gasteiger partial charge is 0.387 e. The van der Waals surface area contributed by atoms with Crippen LogP contribution in [0.5, 0.6) is 11.5 Å². The maximum atomic E-state index is 12.2. The summed E-state index contributed by atoms with van der Waals surface area (Å²) in [5.74, 6) is 0.730. The number of halogens is 2. The van der Waals surface area contributed by atoms with Crippen molar-refractivity contribution in [3.05, 3.63) is 23.8 Å². The second-order valence-electron chi connectivity index (χ2n) is 4.71. The average Bonchev–Trinajstić information content (AvgIpc) is 2.74. The highest BCUT2D eigenvalue weighted by Crippen LogP contribution is 2.42. The third-order valence-corrected chi connectivity index (χ3v) is 3.59. The number of hydrogen-bond donors (Lipinski definition) is 1. The topological polar surface area (TPSA) is 39.7 Å². The Morgan fingerprint density at radius 3 is 3.00 bits per heavy atom. The Labute approximate surface area is 109 Å². The summed E-state index contributed by atoms with van der Waals surface area (Å²) in [5, 5.41) is 3.36. The summed E-state index contributed by atoms with van der Waals surface area (Å²) >= 11 is 0. The Kier molecular flexibility index (Phi) is 3.28. The molecule has 1 saturated heterocycles. The first-order valence-corrected chi connectivity index (χ1v) is 6.19. The molecule has 104 valence electrons. The lowest BCUT2D eigenvalue weighted by Gasteiger charge is -2.31. The van der Waals surface area contributed by atoms with Crippen molar-refractivity contribution in [3.63, 3.8) is 0 Å². The molecule has 1 aromatic carbocycles. The molecule has 0 amide bonds. The van der Waals surface area contributed by atoms with Gasteiger partial charge in [0.2, 0.25) is 0 Å². The van der Waals surface area contributed by atoms with Gasteiger partial charge in [0.1, 0.15) is 17.6 Å². The van der Waals surface area contributed by atoms with Crippen molar-refractivity contribution < 1.29 is 23.0 Å². The summed E-state index contributed by atoms with van der Waals surface area (Å²) in [7, 11) is 1.67. The SMILES string of the molecule is CO[C@H]1CN[C@@H]2c3ccc(OC(F)F)cc3O[C@@H]2C1. The minimum absolute atomic E-state index is 0.0181. The predicted molar refractivity (Wildman–Crippen MR) is 63.6 cm³/mol. The van der Waals surface area contributed by atoms with Crippen LogP contribution in [-0.2, 0) is 4.74 Å². The van der Waals surface area contributed by atoms with Crippen LogP contribution in [0.3, 0.4) is 0 Å². The highest BCUT2D eigenvalue weighted by atomic mass is 19.3. The fourth-order valence-electron chi connectivity index (χ4n) is 2.69. The molecule has 2 heterocycles. The highest BCUT2D eigenvalue weighted by molar-refractivity contribution is 5.46. The molecule has 1 fully saturated rings. The minimum Gasteiger partial charge on any atom is -0.488 e. The molecule has 0 saturated carbocycles. The zero-order chi connectivity index (χ0) is 13.4. The summed E-state index contributed by atoms with van der Waals surface area (Å²) < 4.78 is 39.8. The molecule has 3 rings (SSSR count). The molecule has 0 spiro atoms. The fraction of sp³-hybridized carbons (Fsp3) is 0.538. The largest absolute Gasteiger partial charge is 0.488 e. The molecule has 0 unspecified atom stereocenters. The van der Waals surface area contributed by atoms with Gasteiger partial charge >= 0.3 is 6.61 Å². The summed E-state index contributed by atoms with van der Waals surface area (Å²) in [6.07, 6.45) is 0.885.